The molecule has 1 fully saturated rings. The summed E-state index contributed by atoms with van der Waals surface area (Å²) in [5.41, 5.74) is 0. The van der Waals surface area contributed by atoms with Gasteiger partial charge in [-0.25, -0.2) is 0 Å². The van der Waals surface area contributed by atoms with Crippen molar-refractivity contribution < 1.29 is 5.11 Å². The number of aliphatic hydroxyl groups is 1. The Kier molecular flexibility index (Phi) is 3.57. The van der Waals surface area contributed by atoms with Crippen molar-refractivity contribution in [2.24, 2.45) is 0 Å². The van der Waals surface area contributed by atoms with Gasteiger partial charge in [-0.2, -0.15) is 11.8 Å². The van der Waals surface area contributed by atoms with Gasteiger partial charge in [-0.15, -0.1) is 0 Å². The van der Waals surface area contributed by atoms with Crippen molar-refractivity contribution in [1.82, 2.24) is 0 Å². The third-order valence-electron chi connectivity index (χ3n) is 2.05. The van der Waals surface area contributed by atoms with Gasteiger partial charge in [0.05, 0.1) is 6.10 Å². The average Bonchev–Trinajstić information content (AvgIpc) is 1.94. The van der Waals surface area contributed by atoms with E-state index in [1.165, 1.54) is 19.3 Å². The topological polar surface area (TPSA) is 20.2 Å². The highest BCUT2D eigenvalue weighted by Crippen LogP contribution is 2.28. The van der Waals surface area contributed by atoms with Crippen LogP contribution >= 0.6 is 11.8 Å². The van der Waals surface area contributed by atoms with Crippen LogP contribution < -0.4 is 0 Å². The minimum absolute atomic E-state index is 0.0151. The molecule has 0 bridgehead atoms. The van der Waals surface area contributed by atoms with Gasteiger partial charge in [0.25, 0.3) is 0 Å². The Balaban J connectivity index is 2.25. The van der Waals surface area contributed by atoms with E-state index in [0.29, 0.717) is 5.25 Å². The fourth-order valence-corrected chi connectivity index (χ4v) is 2.61. The Morgan fingerprint density at radius 3 is 2.70 bits per heavy atom. The lowest BCUT2D eigenvalue weighted by atomic mass is 9.97. The molecule has 0 radical (unpaired) electrons. The maximum absolute atomic E-state index is 9.48. The molecule has 60 valence electrons. The molecule has 0 heterocycles. The number of hydrogen-bond donors (Lipinski definition) is 1. The van der Waals surface area contributed by atoms with E-state index in [9.17, 15) is 5.11 Å². The third-order valence-corrected chi connectivity index (χ3v) is 3.36. The summed E-state index contributed by atoms with van der Waals surface area (Å²) in [6, 6.07) is 0. The Morgan fingerprint density at radius 2 is 2.10 bits per heavy atom. The summed E-state index contributed by atoms with van der Waals surface area (Å²) in [5.74, 6) is 1.14. The summed E-state index contributed by atoms with van der Waals surface area (Å²) in [5, 5.41) is 10.0. The van der Waals surface area contributed by atoms with Gasteiger partial charge in [0.2, 0.25) is 0 Å². The van der Waals surface area contributed by atoms with Crippen molar-refractivity contribution >= 4 is 11.8 Å². The van der Waals surface area contributed by atoms with E-state index in [0.717, 1.165) is 12.2 Å². The van der Waals surface area contributed by atoms with Crippen LogP contribution in [0.1, 0.15) is 32.6 Å². The number of aliphatic hydroxyl groups excluding tert-OH is 1. The lowest BCUT2D eigenvalue weighted by Gasteiger charge is -2.26. The lowest BCUT2D eigenvalue weighted by Crippen LogP contribution is -2.26. The highest BCUT2D eigenvalue weighted by Gasteiger charge is 2.21. The highest BCUT2D eigenvalue weighted by molar-refractivity contribution is 7.99. The molecule has 0 saturated heterocycles. The van der Waals surface area contributed by atoms with Crippen molar-refractivity contribution in [2.45, 2.75) is 44.0 Å². The molecule has 2 heteroatoms. The molecule has 10 heavy (non-hydrogen) atoms. The van der Waals surface area contributed by atoms with Gasteiger partial charge in [0.15, 0.2) is 0 Å². The molecular weight excluding hydrogens is 144 g/mol. The van der Waals surface area contributed by atoms with Crippen molar-refractivity contribution in [1.29, 1.82) is 0 Å². The predicted octanol–water partition coefficient (Wildman–Crippen LogP) is 2.04. The van der Waals surface area contributed by atoms with Gasteiger partial charge < -0.3 is 5.11 Å². The van der Waals surface area contributed by atoms with E-state index in [-0.39, 0.29) is 6.10 Å². The van der Waals surface area contributed by atoms with Crippen molar-refractivity contribution in [3.63, 3.8) is 0 Å². The van der Waals surface area contributed by atoms with Crippen molar-refractivity contribution in [3.8, 4) is 0 Å². The first-order valence-electron chi connectivity index (χ1n) is 4.14. The van der Waals surface area contributed by atoms with E-state index < -0.39 is 0 Å². The van der Waals surface area contributed by atoms with Crippen LogP contribution in [0.5, 0.6) is 0 Å². The number of hydrogen-bond acceptors (Lipinski definition) is 2. The summed E-state index contributed by atoms with van der Waals surface area (Å²) >= 11 is 1.91. The van der Waals surface area contributed by atoms with E-state index in [1.807, 2.05) is 11.8 Å². The molecule has 1 aliphatic rings. The molecule has 0 aliphatic heterocycles. The molecule has 0 unspecified atom stereocenters. The number of thioether (sulfide) groups is 1. The quantitative estimate of drug-likeness (QED) is 0.667. The standard InChI is InChI=1S/C8H16OS/c1-2-10-8-6-4-3-5-7(8)9/h7-9H,2-6H2,1H3/t7-,8-/m0/s1. The normalized spacial score (nSPS) is 34.2. The van der Waals surface area contributed by atoms with Gasteiger partial charge >= 0.3 is 0 Å². The Bertz CT molecular complexity index is 93.3. The van der Waals surface area contributed by atoms with Gasteiger partial charge in [-0.05, 0) is 18.6 Å². The Hall–Kier alpha value is 0.310. The molecule has 0 amide bonds. The van der Waals surface area contributed by atoms with Crippen molar-refractivity contribution in [2.75, 3.05) is 5.75 Å². The van der Waals surface area contributed by atoms with Gasteiger partial charge in [-0.3, -0.25) is 0 Å². The first-order chi connectivity index (χ1) is 4.84. The van der Waals surface area contributed by atoms with Gasteiger partial charge in [0.1, 0.15) is 0 Å². The molecule has 2 atom stereocenters. The van der Waals surface area contributed by atoms with Crippen molar-refractivity contribution in [3.05, 3.63) is 0 Å². The second-order valence-electron chi connectivity index (χ2n) is 2.85. The van der Waals surface area contributed by atoms with Crippen LogP contribution in [-0.4, -0.2) is 22.2 Å². The molecule has 1 aliphatic carbocycles. The minimum atomic E-state index is -0.0151. The van der Waals surface area contributed by atoms with Crippen LogP contribution in [-0.2, 0) is 0 Å². The largest absolute Gasteiger partial charge is 0.392 e. The zero-order valence-electron chi connectivity index (χ0n) is 6.55. The predicted molar refractivity (Wildman–Crippen MR) is 46.4 cm³/mol. The zero-order chi connectivity index (χ0) is 7.40. The van der Waals surface area contributed by atoms with Crippen LogP contribution in [0.2, 0.25) is 0 Å². The fraction of sp³-hybridized carbons (Fsp3) is 1.00. The molecule has 1 rings (SSSR count). The summed E-state index contributed by atoms with van der Waals surface area (Å²) < 4.78 is 0. The molecular formula is C8H16OS. The van der Waals surface area contributed by atoms with E-state index in [1.54, 1.807) is 0 Å². The van der Waals surface area contributed by atoms with Crippen LogP contribution in [0.25, 0.3) is 0 Å². The van der Waals surface area contributed by atoms with Crippen LogP contribution in [0.4, 0.5) is 0 Å². The first kappa shape index (κ1) is 8.41. The summed E-state index contributed by atoms with van der Waals surface area (Å²) in [6.45, 7) is 2.16. The van der Waals surface area contributed by atoms with Gasteiger partial charge in [0, 0.05) is 5.25 Å². The number of rotatable bonds is 2. The minimum Gasteiger partial charge on any atom is -0.392 e. The monoisotopic (exact) mass is 160 g/mol. The van der Waals surface area contributed by atoms with Gasteiger partial charge in [-0.1, -0.05) is 19.8 Å². The van der Waals surface area contributed by atoms with E-state index in [4.69, 9.17) is 0 Å². The Labute approximate surface area is 67.2 Å². The van der Waals surface area contributed by atoms with E-state index >= 15 is 0 Å². The Morgan fingerprint density at radius 1 is 1.40 bits per heavy atom. The molecule has 0 spiro atoms. The summed E-state index contributed by atoms with van der Waals surface area (Å²) in [7, 11) is 0. The molecule has 1 nitrogen and oxygen atoms in total. The van der Waals surface area contributed by atoms with Crippen LogP contribution in [0, 0.1) is 0 Å². The van der Waals surface area contributed by atoms with Crippen LogP contribution in [0.3, 0.4) is 0 Å². The third kappa shape index (κ3) is 2.17. The fourth-order valence-electron chi connectivity index (χ4n) is 1.49. The van der Waals surface area contributed by atoms with E-state index in [2.05, 4.69) is 6.92 Å². The molecule has 0 aromatic carbocycles. The maximum atomic E-state index is 9.48. The molecule has 1 saturated carbocycles. The molecule has 0 aromatic heterocycles. The lowest BCUT2D eigenvalue weighted by molar-refractivity contribution is 0.137. The average molecular weight is 160 g/mol. The highest BCUT2D eigenvalue weighted by atomic mass is 32.2. The summed E-state index contributed by atoms with van der Waals surface area (Å²) in [6.07, 6.45) is 4.77. The smallest absolute Gasteiger partial charge is 0.0658 e. The first-order valence-corrected chi connectivity index (χ1v) is 5.19. The maximum Gasteiger partial charge on any atom is 0.0658 e. The zero-order valence-corrected chi connectivity index (χ0v) is 7.36. The molecule has 1 N–H and O–H groups in total. The molecule has 0 aromatic rings. The summed E-state index contributed by atoms with van der Waals surface area (Å²) in [4.78, 5) is 0. The second kappa shape index (κ2) is 4.24. The van der Waals surface area contributed by atoms with Crippen LogP contribution in [0.15, 0.2) is 0 Å². The SMILES string of the molecule is CCS[C@H]1CCCC[C@@H]1O. The second-order valence-corrected chi connectivity index (χ2v) is 4.36.